The Kier molecular flexibility index (Phi) is 8.46. The average molecular weight is 534 g/mol. The number of anilines is 1. The second kappa shape index (κ2) is 11.6. The zero-order chi connectivity index (χ0) is 26.6. The molecule has 192 valence electrons. The molecule has 1 heterocycles. The van der Waals surface area contributed by atoms with Gasteiger partial charge in [-0.25, -0.2) is 0 Å². The first-order valence-corrected chi connectivity index (χ1v) is 14.0. The molecule has 1 aliphatic carbocycles. The van der Waals surface area contributed by atoms with Crippen LogP contribution in [0, 0.1) is 16.7 Å². The standard InChI is InChI=1S/C30H32ClN3O2S/c1-4-5-6-19-7-13-22(14-8-19)33-26(36)18-37-29-23(17-32)27(20-9-11-21(31)12-10-20)28-24(34-29)15-30(2,3)16-25(28)35/h7-14,27,34H,4-6,15-16,18H2,1-3H3,(H,33,36). The van der Waals surface area contributed by atoms with Crippen molar-refractivity contribution in [2.24, 2.45) is 5.41 Å². The molecule has 0 saturated heterocycles. The molecule has 0 aromatic heterocycles. The molecule has 1 atom stereocenters. The van der Waals surface area contributed by atoms with E-state index in [-0.39, 0.29) is 22.9 Å². The Labute approximate surface area is 228 Å². The van der Waals surface area contributed by atoms with Gasteiger partial charge in [-0.1, -0.05) is 74.8 Å². The number of nitriles is 1. The van der Waals surface area contributed by atoms with E-state index in [0.29, 0.717) is 34.0 Å². The lowest BCUT2D eigenvalue weighted by Crippen LogP contribution is -2.37. The Morgan fingerprint density at radius 1 is 1.16 bits per heavy atom. The van der Waals surface area contributed by atoms with E-state index < -0.39 is 5.92 Å². The predicted molar refractivity (Wildman–Crippen MR) is 151 cm³/mol. The zero-order valence-electron chi connectivity index (χ0n) is 21.5. The van der Waals surface area contributed by atoms with Gasteiger partial charge in [0.15, 0.2) is 5.78 Å². The Balaban J connectivity index is 1.55. The number of halogens is 1. The molecule has 37 heavy (non-hydrogen) atoms. The number of carbonyl (C=O) groups is 2. The monoisotopic (exact) mass is 533 g/mol. The van der Waals surface area contributed by atoms with Crippen LogP contribution < -0.4 is 10.6 Å². The van der Waals surface area contributed by atoms with Crippen LogP contribution in [0.4, 0.5) is 5.69 Å². The SMILES string of the molecule is CCCCc1ccc(NC(=O)CSC2=C(C#N)C(c3ccc(Cl)cc3)C3=C(CC(C)(C)CC3=O)N2)cc1. The first-order valence-electron chi connectivity index (χ1n) is 12.7. The van der Waals surface area contributed by atoms with Crippen molar-refractivity contribution in [1.82, 2.24) is 5.32 Å². The summed E-state index contributed by atoms with van der Waals surface area (Å²) in [6.45, 7) is 6.32. The van der Waals surface area contributed by atoms with Gasteiger partial charge in [-0.05, 0) is 60.1 Å². The van der Waals surface area contributed by atoms with Crippen molar-refractivity contribution in [2.75, 3.05) is 11.1 Å². The summed E-state index contributed by atoms with van der Waals surface area (Å²) in [6.07, 6.45) is 4.44. The van der Waals surface area contributed by atoms with Crippen molar-refractivity contribution < 1.29 is 9.59 Å². The molecule has 1 aliphatic heterocycles. The molecule has 4 rings (SSSR count). The van der Waals surface area contributed by atoms with Crippen LogP contribution in [-0.4, -0.2) is 17.4 Å². The van der Waals surface area contributed by atoms with Gasteiger partial charge in [0, 0.05) is 28.4 Å². The van der Waals surface area contributed by atoms with E-state index in [0.717, 1.165) is 36.2 Å². The lowest BCUT2D eigenvalue weighted by molar-refractivity contribution is -0.118. The molecule has 0 radical (unpaired) electrons. The summed E-state index contributed by atoms with van der Waals surface area (Å²) in [4.78, 5) is 26.1. The van der Waals surface area contributed by atoms with Gasteiger partial charge in [-0.15, -0.1) is 0 Å². The van der Waals surface area contributed by atoms with Crippen LogP contribution in [0.5, 0.6) is 0 Å². The number of ketones is 1. The Hall–Kier alpha value is -3.01. The van der Waals surface area contributed by atoms with Crippen LogP contribution in [0.2, 0.25) is 5.02 Å². The molecule has 2 aromatic rings. The van der Waals surface area contributed by atoms with Crippen LogP contribution in [0.25, 0.3) is 0 Å². The molecule has 0 bridgehead atoms. The van der Waals surface area contributed by atoms with E-state index in [4.69, 9.17) is 11.6 Å². The van der Waals surface area contributed by atoms with Crippen molar-refractivity contribution in [2.45, 2.75) is 58.8 Å². The van der Waals surface area contributed by atoms with Crippen molar-refractivity contribution in [3.63, 3.8) is 0 Å². The topological polar surface area (TPSA) is 82.0 Å². The Morgan fingerprint density at radius 2 is 1.86 bits per heavy atom. The lowest BCUT2D eigenvalue weighted by atomic mass is 9.69. The highest BCUT2D eigenvalue weighted by Crippen LogP contribution is 2.47. The fraction of sp³-hybridized carbons (Fsp3) is 0.367. The number of nitrogens with one attached hydrogen (secondary N) is 2. The van der Waals surface area contributed by atoms with Gasteiger partial charge in [0.05, 0.1) is 28.3 Å². The van der Waals surface area contributed by atoms with Crippen molar-refractivity contribution in [3.05, 3.63) is 86.6 Å². The number of Topliss-reactive ketones (excluding diaryl/α,β-unsaturated/α-hetero) is 1. The fourth-order valence-corrected chi connectivity index (χ4v) is 5.94. The van der Waals surface area contributed by atoms with E-state index in [9.17, 15) is 14.9 Å². The lowest BCUT2D eigenvalue weighted by Gasteiger charge is -2.39. The highest BCUT2D eigenvalue weighted by molar-refractivity contribution is 8.03. The van der Waals surface area contributed by atoms with E-state index in [1.54, 1.807) is 12.1 Å². The number of dihydropyridines is 1. The van der Waals surface area contributed by atoms with Gasteiger partial charge in [-0.2, -0.15) is 5.26 Å². The molecule has 2 N–H and O–H groups in total. The van der Waals surface area contributed by atoms with E-state index in [1.807, 2.05) is 36.4 Å². The molecule has 0 spiro atoms. The summed E-state index contributed by atoms with van der Waals surface area (Å²) in [5, 5.41) is 17.7. The number of thioether (sulfide) groups is 1. The summed E-state index contributed by atoms with van der Waals surface area (Å²) >= 11 is 7.41. The van der Waals surface area contributed by atoms with E-state index in [1.165, 1.54) is 17.3 Å². The van der Waals surface area contributed by atoms with Crippen LogP contribution in [-0.2, 0) is 16.0 Å². The molecular weight excluding hydrogens is 502 g/mol. The van der Waals surface area contributed by atoms with Gasteiger partial charge in [-0.3, -0.25) is 9.59 Å². The summed E-state index contributed by atoms with van der Waals surface area (Å²) in [5.74, 6) is -0.446. The Morgan fingerprint density at radius 3 is 2.51 bits per heavy atom. The maximum Gasteiger partial charge on any atom is 0.234 e. The normalized spacial score (nSPS) is 18.7. The van der Waals surface area contributed by atoms with Gasteiger partial charge in [0.25, 0.3) is 0 Å². The molecule has 1 unspecified atom stereocenters. The molecule has 2 aliphatic rings. The third-order valence-corrected chi connectivity index (χ3v) is 8.00. The number of aryl methyl sites for hydroxylation is 1. The zero-order valence-corrected chi connectivity index (χ0v) is 23.1. The third kappa shape index (κ3) is 6.47. The number of allylic oxidation sites excluding steroid dienone is 3. The molecule has 0 saturated carbocycles. The van der Waals surface area contributed by atoms with Gasteiger partial charge in [0.1, 0.15) is 0 Å². The van der Waals surface area contributed by atoms with Crippen molar-refractivity contribution in [1.29, 1.82) is 5.26 Å². The number of unbranched alkanes of at least 4 members (excludes halogenated alkanes) is 1. The van der Waals surface area contributed by atoms with Crippen molar-refractivity contribution in [3.8, 4) is 6.07 Å². The van der Waals surface area contributed by atoms with Gasteiger partial charge in [0.2, 0.25) is 5.91 Å². The van der Waals surface area contributed by atoms with Crippen LogP contribution in [0.1, 0.15) is 63.5 Å². The third-order valence-electron chi connectivity index (χ3n) is 6.73. The molecule has 2 aromatic carbocycles. The smallest absolute Gasteiger partial charge is 0.234 e. The largest absolute Gasteiger partial charge is 0.352 e. The number of hydrogen-bond acceptors (Lipinski definition) is 5. The second-order valence-corrected chi connectivity index (χ2v) is 11.9. The molecule has 1 amide bonds. The molecular formula is C30H32ClN3O2S. The number of hydrogen-bond donors (Lipinski definition) is 2. The molecule has 0 fully saturated rings. The number of amides is 1. The molecule has 7 heteroatoms. The predicted octanol–water partition coefficient (Wildman–Crippen LogP) is 7.12. The molecule has 5 nitrogen and oxygen atoms in total. The minimum atomic E-state index is -0.483. The maximum absolute atomic E-state index is 13.3. The second-order valence-electron chi connectivity index (χ2n) is 10.4. The van der Waals surface area contributed by atoms with Crippen LogP contribution >= 0.6 is 23.4 Å². The highest BCUT2D eigenvalue weighted by atomic mass is 35.5. The number of benzene rings is 2. The number of nitrogens with zero attached hydrogens (tertiary/aromatic N) is 1. The van der Waals surface area contributed by atoms with Crippen LogP contribution in [0.15, 0.2) is 70.4 Å². The summed E-state index contributed by atoms with van der Waals surface area (Å²) in [7, 11) is 0. The maximum atomic E-state index is 13.3. The summed E-state index contributed by atoms with van der Waals surface area (Å²) in [5.41, 5.74) is 4.60. The summed E-state index contributed by atoms with van der Waals surface area (Å²) < 4.78 is 0. The number of rotatable bonds is 8. The fourth-order valence-electron chi connectivity index (χ4n) is 4.95. The first-order chi connectivity index (χ1) is 17.7. The van der Waals surface area contributed by atoms with E-state index >= 15 is 0 Å². The van der Waals surface area contributed by atoms with E-state index in [2.05, 4.69) is 37.5 Å². The van der Waals surface area contributed by atoms with Crippen molar-refractivity contribution >= 4 is 40.7 Å². The van der Waals surface area contributed by atoms with Crippen LogP contribution in [0.3, 0.4) is 0 Å². The van der Waals surface area contributed by atoms with Gasteiger partial charge < -0.3 is 10.6 Å². The number of carbonyl (C=O) groups excluding carboxylic acids is 2. The minimum absolute atomic E-state index is 0.0515. The summed E-state index contributed by atoms with van der Waals surface area (Å²) in [6, 6.07) is 17.6. The van der Waals surface area contributed by atoms with Gasteiger partial charge >= 0.3 is 0 Å². The quantitative estimate of drug-likeness (QED) is 0.377. The Bertz CT molecular complexity index is 1290. The first kappa shape index (κ1) is 27.0. The average Bonchev–Trinajstić information content (AvgIpc) is 2.86. The minimum Gasteiger partial charge on any atom is -0.352 e. The highest BCUT2D eigenvalue weighted by Gasteiger charge is 2.41.